The van der Waals surface area contributed by atoms with Crippen molar-refractivity contribution < 1.29 is 13.6 Å². The molecule has 0 atom stereocenters. The van der Waals surface area contributed by atoms with Gasteiger partial charge in [0, 0.05) is 6.20 Å². The number of halogens is 4. The van der Waals surface area contributed by atoms with Gasteiger partial charge in [-0.1, -0.05) is 11.6 Å². The number of nitrogens with zero attached hydrogens (tertiary/aromatic N) is 2. The Morgan fingerprint density at radius 3 is 2.60 bits per heavy atom. The summed E-state index contributed by atoms with van der Waals surface area (Å²) >= 11 is 10.5. The van der Waals surface area contributed by atoms with Crippen LogP contribution in [0, 0.1) is 11.3 Å². The smallest absolute Gasteiger partial charge is 0.271 e. The highest BCUT2D eigenvalue weighted by Crippen LogP contribution is 2.32. The first-order valence-electron chi connectivity index (χ1n) is 3.55. The summed E-state index contributed by atoms with van der Waals surface area (Å²) in [7, 11) is 0. The quantitative estimate of drug-likeness (QED) is 0.759. The molecule has 0 aliphatic carbocycles. The van der Waals surface area contributed by atoms with E-state index < -0.39 is 27.9 Å². The zero-order chi connectivity index (χ0) is 11.6. The molecule has 0 saturated carbocycles. The SMILES string of the molecule is N#Cc1cnc(C(=O)Cl)c(C(F)F)c1Cl. The molecule has 0 aliphatic heterocycles. The van der Waals surface area contributed by atoms with Gasteiger partial charge in [-0.05, 0) is 11.6 Å². The van der Waals surface area contributed by atoms with Crippen LogP contribution < -0.4 is 0 Å². The molecule has 0 saturated heterocycles. The second kappa shape index (κ2) is 4.51. The van der Waals surface area contributed by atoms with Crippen LogP contribution in [0.3, 0.4) is 0 Å². The predicted molar refractivity (Wildman–Crippen MR) is 49.1 cm³/mol. The Morgan fingerprint density at radius 2 is 2.20 bits per heavy atom. The minimum Gasteiger partial charge on any atom is -0.274 e. The van der Waals surface area contributed by atoms with Gasteiger partial charge >= 0.3 is 0 Å². The summed E-state index contributed by atoms with van der Waals surface area (Å²) in [4.78, 5) is 14.1. The molecule has 15 heavy (non-hydrogen) atoms. The lowest BCUT2D eigenvalue weighted by molar-refractivity contribution is 0.106. The third kappa shape index (κ3) is 2.22. The molecule has 1 aromatic rings. The minimum atomic E-state index is -3.02. The number of hydrogen-bond donors (Lipinski definition) is 0. The first kappa shape index (κ1) is 11.8. The second-order valence-corrected chi connectivity index (χ2v) is 3.16. The van der Waals surface area contributed by atoms with Gasteiger partial charge in [0.05, 0.1) is 16.1 Å². The van der Waals surface area contributed by atoms with E-state index in [0.29, 0.717) is 0 Å². The third-order valence-electron chi connectivity index (χ3n) is 1.58. The van der Waals surface area contributed by atoms with Crippen molar-refractivity contribution in [2.75, 3.05) is 0 Å². The number of alkyl halides is 2. The van der Waals surface area contributed by atoms with E-state index in [1.807, 2.05) is 0 Å². The average Bonchev–Trinajstić information content (AvgIpc) is 2.16. The van der Waals surface area contributed by atoms with E-state index in [1.165, 1.54) is 0 Å². The van der Waals surface area contributed by atoms with Gasteiger partial charge in [-0.25, -0.2) is 13.8 Å². The fourth-order valence-corrected chi connectivity index (χ4v) is 1.35. The van der Waals surface area contributed by atoms with Crippen LogP contribution in [0.2, 0.25) is 5.02 Å². The Bertz CT molecular complexity index is 457. The summed E-state index contributed by atoms with van der Waals surface area (Å²) in [6.07, 6.45) is -2.10. The molecule has 0 bridgehead atoms. The lowest BCUT2D eigenvalue weighted by Crippen LogP contribution is -2.04. The highest BCUT2D eigenvalue weighted by atomic mass is 35.5. The molecule has 3 nitrogen and oxygen atoms in total. The maximum Gasteiger partial charge on any atom is 0.271 e. The van der Waals surface area contributed by atoms with E-state index in [-0.39, 0.29) is 5.56 Å². The minimum absolute atomic E-state index is 0.228. The first-order valence-corrected chi connectivity index (χ1v) is 4.31. The number of carbonyl (C=O) groups excluding carboxylic acids is 1. The molecule has 0 amide bonds. The molecule has 0 radical (unpaired) electrons. The van der Waals surface area contributed by atoms with Crippen molar-refractivity contribution in [3.05, 3.63) is 28.0 Å². The number of carbonyl (C=O) groups is 1. The molecule has 0 N–H and O–H groups in total. The Morgan fingerprint density at radius 1 is 1.60 bits per heavy atom. The molecule has 78 valence electrons. The zero-order valence-electron chi connectivity index (χ0n) is 6.97. The van der Waals surface area contributed by atoms with Crippen LogP contribution in [0.15, 0.2) is 6.20 Å². The van der Waals surface area contributed by atoms with Crippen LogP contribution in [-0.4, -0.2) is 10.2 Å². The van der Waals surface area contributed by atoms with E-state index in [1.54, 1.807) is 6.07 Å². The fourth-order valence-electron chi connectivity index (χ4n) is 0.938. The summed E-state index contributed by atoms with van der Waals surface area (Å²) in [5, 5.41) is 6.88. The van der Waals surface area contributed by atoms with Gasteiger partial charge in [0.15, 0.2) is 0 Å². The van der Waals surface area contributed by atoms with Gasteiger partial charge in [-0.15, -0.1) is 0 Å². The van der Waals surface area contributed by atoms with Crippen LogP contribution in [0.5, 0.6) is 0 Å². The number of aromatic nitrogens is 1. The Balaban J connectivity index is 3.53. The Hall–Kier alpha value is -1.25. The van der Waals surface area contributed by atoms with Crippen LogP contribution in [0.4, 0.5) is 8.78 Å². The van der Waals surface area contributed by atoms with Crippen LogP contribution in [0.25, 0.3) is 0 Å². The largest absolute Gasteiger partial charge is 0.274 e. The van der Waals surface area contributed by atoms with E-state index in [9.17, 15) is 13.6 Å². The molecule has 0 aromatic carbocycles. The van der Waals surface area contributed by atoms with Gasteiger partial charge < -0.3 is 0 Å². The monoisotopic (exact) mass is 250 g/mol. The van der Waals surface area contributed by atoms with Gasteiger partial charge in [0.1, 0.15) is 11.8 Å². The number of nitriles is 1. The first-order chi connectivity index (χ1) is 6.99. The Kier molecular flexibility index (Phi) is 3.56. The number of pyridine rings is 1. The van der Waals surface area contributed by atoms with Crippen LogP contribution in [0.1, 0.15) is 28.0 Å². The molecular formula is C8H2Cl2F2N2O. The standard InChI is InChI=1S/C8H2Cl2F2N2O/c9-5-3(1-13)2-14-6(7(10)15)4(5)8(11)12/h2,8H. The maximum atomic E-state index is 12.5. The van der Waals surface area contributed by atoms with E-state index in [2.05, 4.69) is 4.98 Å². The molecule has 1 aromatic heterocycles. The number of rotatable bonds is 2. The van der Waals surface area contributed by atoms with Crippen molar-refractivity contribution >= 4 is 28.4 Å². The molecule has 0 spiro atoms. The lowest BCUT2D eigenvalue weighted by Gasteiger charge is -2.07. The summed E-state index contributed by atoms with van der Waals surface area (Å²) in [5.41, 5.74) is -1.67. The molecule has 0 fully saturated rings. The third-order valence-corrected chi connectivity index (χ3v) is 2.16. The lowest BCUT2D eigenvalue weighted by atomic mass is 10.1. The fraction of sp³-hybridized carbons (Fsp3) is 0.125. The van der Waals surface area contributed by atoms with Gasteiger partial charge in [0.2, 0.25) is 0 Å². The van der Waals surface area contributed by atoms with Crippen LogP contribution >= 0.6 is 23.2 Å². The Labute approximate surface area is 93.2 Å². The zero-order valence-corrected chi connectivity index (χ0v) is 8.48. The highest BCUT2D eigenvalue weighted by Gasteiger charge is 2.24. The van der Waals surface area contributed by atoms with Crippen molar-refractivity contribution in [3.8, 4) is 6.07 Å². The maximum absolute atomic E-state index is 12.5. The molecule has 0 aliphatic rings. The number of hydrogen-bond acceptors (Lipinski definition) is 3. The van der Waals surface area contributed by atoms with E-state index in [0.717, 1.165) is 6.20 Å². The predicted octanol–water partition coefficient (Wildman–Crippen LogP) is 2.92. The van der Waals surface area contributed by atoms with E-state index in [4.69, 9.17) is 28.5 Å². The molecular weight excluding hydrogens is 249 g/mol. The van der Waals surface area contributed by atoms with Gasteiger partial charge in [-0.3, -0.25) is 4.79 Å². The summed E-state index contributed by atoms with van der Waals surface area (Å²) in [5.74, 6) is 0. The van der Waals surface area contributed by atoms with Crippen molar-refractivity contribution in [1.29, 1.82) is 5.26 Å². The van der Waals surface area contributed by atoms with Crippen molar-refractivity contribution in [3.63, 3.8) is 0 Å². The topological polar surface area (TPSA) is 53.8 Å². The van der Waals surface area contributed by atoms with Crippen molar-refractivity contribution in [2.45, 2.75) is 6.43 Å². The highest BCUT2D eigenvalue weighted by molar-refractivity contribution is 6.67. The second-order valence-electron chi connectivity index (χ2n) is 2.43. The normalized spacial score (nSPS) is 10.1. The van der Waals surface area contributed by atoms with Gasteiger partial charge in [0.25, 0.3) is 11.7 Å². The molecule has 1 heterocycles. The van der Waals surface area contributed by atoms with E-state index >= 15 is 0 Å². The van der Waals surface area contributed by atoms with Crippen molar-refractivity contribution in [2.24, 2.45) is 0 Å². The summed E-state index contributed by atoms with van der Waals surface area (Å²) < 4.78 is 25.0. The molecule has 1 rings (SSSR count). The van der Waals surface area contributed by atoms with Gasteiger partial charge in [-0.2, -0.15) is 5.26 Å². The average molecular weight is 251 g/mol. The van der Waals surface area contributed by atoms with Crippen molar-refractivity contribution in [1.82, 2.24) is 4.98 Å². The summed E-state index contributed by atoms with van der Waals surface area (Å²) in [6.45, 7) is 0. The molecule has 7 heteroatoms. The molecule has 0 unspecified atom stereocenters. The summed E-state index contributed by atoms with van der Waals surface area (Å²) in [6, 6.07) is 1.57. The van der Waals surface area contributed by atoms with Crippen LogP contribution in [-0.2, 0) is 0 Å².